The van der Waals surface area contributed by atoms with Crippen molar-refractivity contribution in [2.24, 2.45) is 0 Å². The van der Waals surface area contributed by atoms with E-state index < -0.39 is 11.6 Å². The fourth-order valence-corrected chi connectivity index (χ4v) is 2.29. The predicted octanol–water partition coefficient (Wildman–Crippen LogP) is 5.83. The molecule has 0 heterocycles. The highest BCUT2D eigenvalue weighted by molar-refractivity contribution is 5.53. The number of halogens is 2. The van der Waals surface area contributed by atoms with Crippen LogP contribution in [0.2, 0.25) is 0 Å². The molecule has 0 aromatic heterocycles. The molecule has 2 aromatic rings. The summed E-state index contributed by atoms with van der Waals surface area (Å²) >= 11 is 0. The fourth-order valence-electron chi connectivity index (χ4n) is 2.29. The van der Waals surface area contributed by atoms with Crippen molar-refractivity contribution in [3.05, 3.63) is 76.4 Å². The Morgan fingerprint density at radius 1 is 0.960 bits per heavy atom. The SMILES string of the molecule is CCCCC/C=C/c1ccc(C#Cc2ccc(C#N)c(F)c2)c(F)c1. The molecular weight excluding hydrogens is 316 g/mol. The zero-order valence-electron chi connectivity index (χ0n) is 14.2. The molecule has 0 saturated heterocycles. The van der Waals surface area contributed by atoms with Crippen LogP contribution in [0.4, 0.5) is 8.78 Å². The first-order chi connectivity index (χ1) is 12.1. The molecule has 0 aliphatic heterocycles. The van der Waals surface area contributed by atoms with Crippen molar-refractivity contribution in [2.45, 2.75) is 32.6 Å². The Hall–Kier alpha value is -2.91. The van der Waals surface area contributed by atoms with Crippen LogP contribution in [-0.4, -0.2) is 0 Å². The van der Waals surface area contributed by atoms with Gasteiger partial charge < -0.3 is 0 Å². The van der Waals surface area contributed by atoms with Gasteiger partial charge >= 0.3 is 0 Å². The summed E-state index contributed by atoms with van der Waals surface area (Å²) < 4.78 is 27.7. The Morgan fingerprint density at radius 2 is 1.72 bits per heavy atom. The summed E-state index contributed by atoms with van der Waals surface area (Å²) in [6.07, 6.45) is 8.46. The summed E-state index contributed by atoms with van der Waals surface area (Å²) in [5.74, 6) is 4.40. The number of unbranched alkanes of at least 4 members (excludes halogenated alkanes) is 3. The summed E-state index contributed by atoms with van der Waals surface area (Å²) in [4.78, 5) is 0. The first-order valence-corrected chi connectivity index (χ1v) is 8.32. The van der Waals surface area contributed by atoms with Gasteiger partial charge in [0.2, 0.25) is 0 Å². The van der Waals surface area contributed by atoms with Gasteiger partial charge in [0.1, 0.15) is 17.7 Å². The lowest BCUT2D eigenvalue weighted by molar-refractivity contribution is 0.623. The van der Waals surface area contributed by atoms with E-state index in [-0.39, 0.29) is 11.1 Å². The number of hydrogen-bond acceptors (Lipinski definition) is 1. The van der Waals surface area contributed by atoms with Gasteiger partial charge in [-0.25, -0.2) is 8.78 Å². The van der Waals surface area contributed by atoms with Crippen LogP contribution in [0.3, 0.4) is 0 Å². The van der Waals surface area contributed by atoms with Gasteiger partial charge in [-0.3, -0.25) is 0 Å². The topological polar surface area (TPSA) is 23.8 Å². The van der Waals surface area contributed by atoms with E-state index in [1.54, 1.807) is 18.2 Å². The van der Waals surface area contributed by atoms with E-state index in [4.69, 9.17) is 5.26 Å². The monoisotopic (exact) mass is 335 g/mol. The van der Waals surface area contributed by atoms with Crippen molar-refractivity contribution in [3.8, 4) is 17.9 Å². The van der Waals surface area contributed by atoms with Crippen LogP contribution < -0.4 is 0 Å². The van der Waals surface area contributed by atoms with Crippen molar-refractivity contribution in [1.29, 1.82) is 5.26 Å². The highest BCUT2D eigenvalue weighted by Gasteiger charge is 2.02. The molecule has 0 N–H and O–H groups in total. The minimum absolute atomic E-state index is 0.0354. The molecule has 25 heavy (non-hydrogen) atoms. The minimum Gasteiger partial charge on any atom is -0.206 e. The van der Waals surface area contributed by atoms with Gasteiger partial charge in [0.15, 0.2) is 0 Å². The number of hydrogen-bond donors (Lipinski definition) is 0. The van der Waals surface area contributed by atoms with E-state index in [2.05, 4.69) is 24.8 Å². The highest BCUT2D eigenvalue weighted by Crippen LogP contribution is 2.13. The number of nitrogens with zero attached hydrogens (tertiary/aromatic N) is 1. The Morgan fingerprint density at radius 3 is 2.40 bits per heavy atom. The second-order valence-electron chi connectivity index (χ2n) is 5.69. The Kier molecular flexibility index (Phi) is 6.93. The van der Waals surface area contributed by atoms with E-state index in [1.165, 1.54) is 31.0 Å². The fraction of sp³-hybridized carbons (Fsp3) is 0.227. The molecule has 2 aromatic carbocycles. The lowest BCUT2D eigenvalue weighted by Gasteiger charge is -1.98. The van der Waals surface area contributed by atoms with E-state index in [9.17, 15) is 8.78 Å². The number of benzene rings is 2. The normalized spacial score (nSPS) is 10.3. The summed E-state index contributed by atoms with van der Waals surface area (Å²) in [5, 5.41) is 8.70. The van der Waals surface area contributed by atoms with Crippen LogP contribution in [0, 0.1) is 34.8 Å². The van der Waals surface area contributed by atoms with E-state index >= 15 is 0 Å². The Balaban J connectivity index is 2.09. The number of rotatable bonds is 5. The molecule has 126 valence electrons. The largest absolute Gasteiger partial charge is 0.206 e. The van der Waals surface area contributed by atoms with Crippen LogP contribution >= 0.6 is 0 Å². The molecule has 0 aliphatic rings. The quantitative estimate of drug-likeness (QED) is 0.498. The maximum atomic E-state index is 14.1. The molecule has 1 nitrogen and oxygen atoms in total. The molecule has 0 radical (unpaired) electrons. The molecule has 0 unspecified atom stereocenters. The molecule has 0 spiro atoms. The van der Waals surface area contributed by atoms with Gasteiger partial charge in [0, 0.05) is 5.56 Å². The standard InChI is InChI=1S/C22H19F2N/c1-2-3-4-5-6-7-17-8-11-19(21(23)14-17)12-9-18-10-13-20(16-25)22(24)15-18/h6-8,10-11,13-15H,2-5H2,1H3/b7-6+. The maximum absolute atomic E-state index is 14.1. The molecule has 0 fully saturated rings. The van der Waals surface area contributed by atoms with Crippen LogP contribution in [0.5, 0.6) is 0 Å². The smallest absolute Gasteiger partial charge is 0.142 e. The van der Waals surface area contributed by atoms with Crippen LogP contribution in [-0.2, 0) is 0 Å². The van der Waals surface area contributed by atoms with Gasteiger partial charge in [0.25, 0.3) is 0 Å². The maximum Gasteiger partial charge on any atom is 0.142 e. The van der Waals surface area contributed by atoms with Gasteiger partial charge in [-0.1, -0.05) is 49.8 Å². The van der Waals surface area contributed by atoms with E-state index in [0.29, 0.717) is 5.56 Å². The van der Waals surface area contributed by atoms with Gasteiger partial charge in [0.05, 0.1) is 11.1 Å². The van der Waals surface area contributed by atoms with Crippen molar-refractivity contribution in [1.82, 2.24) is 0 Å². The molecular formula is C22H19F2N. The zero-order valence-corrected chi connectivity index (χ0v) is 14.2. The zero-order chi connectivity index (χ0) is 18.1. The highest BCUT2D eigenvalue weighted by atomic mass is 19.1. The molecule has 0 bridgehead atoms. The second-order valence-corrected chi connectivity index (χ2v) is 5.69. The van der Waals surface area contributed by atoms with E-state index in [1.807, 2.05) is 12.1 Å². The van der Waals surface area contributed by atoms with Gasteiger partial charge in [-0.05, 0) is 48.7 Å². The molecule has 0 aliphatic carbocycles. The number of nitriles is 1. The van der Waals surface area contributed by atoms with Crippen LogP contribution in [0.15, 0.2) is 42.5 Å². The summed E-state index contributed by atoms with van der Waals surface area (Å²) in [7, 11) is 0. The Bertz CT molecular complexity index is 864. The summed E-state index contributed by atoms with van der Waals surface area (Å²) in [6, 6.07) is 10.7. The van der Waals surface area contributed by atoms with Crippen molar-refractivity contribution in [3.63, 3.8) is 0 Å². The van der Waals surface area contributed by atoms with Crippen LogP contribution in [0.1, 0.15) is 54.9 Å². The molecule has 0 amide bonds. The average Bonchev–Trinajstić information content (AvgIpc) is 2.61. The first kappa shape index (κ1) is 18.4. The first-order valence-electron chi connectivity index (χ1n) is 8.32. The van der Waals surface area contributed by atoms with Gasteiger partial charge in [-0.2, -0.15) is 5.26 Å². The van der Waals surface area contributed by atoms with Crippen molar-refractivity contribution >= 4 is 6.08 Å². The van der Waals surface area contributed by atoms with Crippen molar-refractivity contribution in [2.75, 3.05) is 0 Å². The Labute approximate surface area is 147 Å². The molecule has 0 saturated carbocycles. The molecule has 2 rings (SSSR count). The third-order valence-electron chi connectivity index (χ3n) is 3.71. The predicted molar refractivity (Wildman–Crippen MR) is 96.7 cm³/mol. The summed E-state index contributed by atoms with van der Waals surface area (Å²) in [5.41, 5.74) is 1.42. The summed E-state index contributed by atoms with van der Waals surface area (Å²) in [6.45, 7) is 2.16. The lowest BCUT2D eigenvalue weighted by atomic mass is 10.1. The van der Waals surface area contributed by atoms with Gasteiger partial charge in [-0.15, -0.1) is 0 Å². The lowest BCUT2D eigenvalue weighted by Crippen LogP contribution is -1.87. The third-order valence-corrected chi connectivity index (χ3v) is 3.71. The average molecular weight is 335 g/mol. The van der Waals surface area contributed by atoms with Crippen molar-refractivity contribution < 1.29 is 8.78 Å². The molecule has 0 atom stereocenters. The van der Waals surface area contributed by atoms with Crippen LogP contribution in [0.25, 0.3) is 6.08 Å². The number of allylic oxidation sites excluding steroid dienone is 1. The second kappa shape index (κ2) is 9.40. The minimum atomic E-state index is -0.627. The molecule has 3 heteroatoms. The van der Waals surface area contributed by atoms with E-state index in [0.717, 1.165) is 18.4 Å². The third kappa shape index (κ3) is 5.59.